The second-order valence-corrected chi connectivity index (χ2v) is 5.80. The highest BCUT2D eigenvalue weighted by Crippen LogP contribution is 2.33. The van der Waals surface area contributed by atoms with E-state index in [1.54, 1.807) is 13.0 Å². The van der Waals surface area contributed by atoms with Crippen LogP contribution in [0.5, 0.6) is 0 Å². The van der Waals surface area contributed by atoms with E-state index in [0.29, 0.717) is 5.56 Å². The zero-order chi connectivity index (χ0) is 14.8. The Morgan fingerprint density at radius 2 is 2.05 bits per heavy atom. The maximum Gasteiger partial charge on any atom is 0.126 e. The van der Waals surface area contributed by atoms with Gasteiger partial charge < -0.3 is 10.5 Å². The molecular weight excluding hydrogens is 255 g/mol. The molecule has 0 radical (unpaired) electrons. The summed E-state index contributed by atoms with van der Waals surface area (Å²) >= 11 is 0. The van der Waals surface area contributed by atoms with Crippen LogP contribution in [0.1, 0.15) is 37.4 Å². The first kappa shape index (κ1) is 15.4. The summed E-state index contributed by atoms with van der Waals surface area (Å²) < 4.78 is 18.9. The van der Waals surface area contributed by atoms with E-state index in [1.165, 1.54) is 6.07 Å². The Kier molecular flexibility index (Phi) is 4.78. The van der Waals surface area contributed by atoms with Gasteiger partial charge >= 0.3 is 0 Å². The third kappa shape index (κ3) is 2.87. The second-order valence-electron chi connectivity index (χ2n) is 5.80. The van der Waals surface area contributed by atoms with Crippen molar-refractivity contribution in [3.05, 3.63) is 35.1 Å². The average molecular weight is 280 g/mol. The smallest absolute Gasteiger partial charge is 0.126 e. The molecule has 1 aliphatic rings. The van der Waals surface area contributed by atoms with Crippen LogP contribution in [0.2, 0.25) is 0 Å². The van der Waals surface area contributed by atoms with Crippen molar-refractivity contribution < 1.29 is 9.13 Å². The number of hydrogen-bond acceptors (Lipinski definition) is 3. The molecule has 2 rings (SSSR count). The largest absolute Gasteiger partial charge is 0.379 e. The van der Waals surface area contributed by atoms with Crippen LogP contribution >= 0.6 is 0 Å². The quantitative estimate of drug-likeness (QED) is 0.921. The van der Waals surface area contributed by atoms with Crippen molar-refractivity contribution in [2.75, 3.05) is 26.3 Å². The Hall–Kier alpha value is -0.970. The number of hydrogen-bond donors (Lipinski definition) is 1. The van der Waals surface area contributed by atoms with Crippen LogP contribution in [-0.2, 0) is 4.74 Å². The van der Waals surface area contributed by atoms with Gasteiger partial charge in [-0.25, -0.2) is 4.39 Å². The first-order valence-electron chi connectivity index (χ1n) is 7.33. The maximum atomic E-state index is 13.4. The average Bonchev–Trinajstić information content (AvgIpc) is 2.49. The van der Waals surface area contributed by atoms with Crippen LogP contribution in [0.25, 0.3) is 0 Å². The molecule has 3 nitrogen and oxygen atoms in total. The van der Waals surface area contributed by atoms with Crippen molar-refractivity contribution in [2.24, 2.45) is 5.73 Å². The molecule has 1 aromatic rings. The van der Waals surface area contributed by atoms with E-state index in [1.807, 2.05) is 6.07 Å². The first-order valence-corrected chi connectivity index (χ1v) is 7.33. The van der Waals surface area contributed by atoms with Gasteiger partial charge in [0.2, 0.25) is 0 Å². The highest BCUT2D eigenvalue weighted by Gasteiger charge is 2.37. The summed E-state index contributed by atoms with van der Waals surface area (Å²) in [5.41, 5.74) is 8.05. The molecule has 0 bridgehead atoms. The molecule has 0 aromatic heterocycles. The zero-order valence-electron chi connectivity index (χ0n) is 12.7. The third-order valence-electron chi connectivity index (χ3n) is 4.66. The van der Waals surface area contributed by atoms with E-state index in [4.69, 9.17) is 10.5 Å². The van der Waals surface area contributed by atoms with Gasteiger partial charge in [-0.1, -0.05) is 19.1 Å². The van der Waals surface area contributed by atoms with Crippen LogP contribution in [0.4, 0.5) is 4.39 Å². The lowest BCUT2D eigenvalue weighted by Crippen LogP contribution is -2.56. The topological polar surface area (TPSA) is 38.5 Å². The monoisotopic (exact) mass is 280 g/mol. The van der Waals surface area contributed by atoms with Crippen LogP contribution in [0.3, 0.4) is 0 Å². The molecular formula is C16H25FN2O. The van der Waals surface area contributed by atoms with Gasteiger partial charge in [-0.2, -0.15) is 0 Å². The summed E-state index contributed by atoms with van der Waals surface area (Å²) in [7, 11) is 0. The van der Waals surface area contributed by atoms with Gasteiger partial charge in [0.1, 0.15) is 5.82 Å². The summed E-state index contributed by atoms with van der Waals surface area (Å²) in [6.45, 7) is 9.45. The molecule has 0 spiro atoms. The summed E-state index contributed by atoms with van der Waals surface area (Å²) in [6, 6.07) is 5.06. The van der Waals surface area contributed by atoms with E-state index in [9.17, 15) is 4.39 Å². The molecule has 1 aromatic carbocycles. The number of rotatable bonds is 4. The predicted molar refractivity (Wildman–Crippen MR) is 79.2 cm³/mol. The molecule has 2 unspecified atom stereocenters. The molecule has 4 heteroatoms. The Balaban J connectivity index is 2.26. The number of nitrogens with two attached hydrogens (primary N) is 1. The van der Waals surface area contributed by atoms with E-state index in [2.05, 4.69) is 18.7 Å². The molecule has 1 saturated heterocycles. The lowest BCUT2D eigenvalue weighted by molar-refractivity contribution is -0.0278. The van der Waals surface area contributed by atoms with Crippen molar-refractivity contribution in [2.45, 2.75) is 38.8 Å². The molecule has 0 amide bonds. The summed E-state index contributed by atoms with van der Waals surface area (Å²) in [6.07, 6.45) is 0.949. The van der Waals surface area contributed by atoms with Gasteiger partial charge in [-0.15, -0.1) is 0 Å². The Labute approximate surface area is 120 Å². The minimum atomic E-state index is -0.175. The summed E-state index contributed by atoms with van der Waals surface area (Å²) in [5, 5.41) is 0. The van der Waals surface area contributed by atoms with Crippen molar-refractivity contribution in [3.63, 3.8) is 0 Å². The van der Waals surface area contributed by atoms with Crippen molar-refractivity contribution >= 4 is 0 Å². The molecule has 0 saturated carbocycles. The molecule has 2 atom stereocenters. The number of benzene rings is 1. The third-order valence-corrected chi connectivity index (χ3v) is 4.66. The van der Waals surface area contributed by atoms with Gasteiger partial charge in [0.25, 0.3) is 0 Å². The maximum absolute atomic E-state index is 13.4. The molecule has 2 N–H and O–H groups in total. The van der Waals surface area contributed by atoms with Crippen molar-refractivity contribution in [3.8, 4) is 0 Å². The van der Waals surface area contributed by atoms with Gasteiger partial charge in [0.05, 0.1) is 13.2 Å². The fourth-order valence-corrected chi connectivity index (χ4v) is 2.93. The highest BCUT2D eigenvalue weighted by molar-refractivity contribution is 5.28. The lowest BCUT2D eigenvalue weighted by Gasteiger charge is -2.46. The Morgan fingerprint density at radius 1 is 1.40 bits per heavy atom. The summed E-state index contributed by atoms with van der Waals surface area (Å²) in [5.74, 6) is -0.175. The number of morpholine rings is 1. The van der Waals surface area contributed by atoms with E-state index < -0.39 is 0 Å². The number of halogens is 1. The molecule has 1 aliphatic heterocycles. The SMILES string of the molecule is CCC(C)(C(N)c1ccc(F)c(C)c1)N1CCOCC1. The van der Waals surface area contributed by atoms with E-state index in [-0.39, 0.29) is 17.4 Å². The van der Waals surface area contributed by atoms with Gasteiger partial charge in [-0.05, 0) is 37.5 Å². The molecule has 0 aliphatic carbocycles. The van der Waals surface area contributed by atoms with Crippen molar-refractivity contribution in [1.29, 1.82) is 0 Å². The number of ether oxygens (including phenoxy) is 1. The van der Waals surface area contributed by atoms with Crippen LogP contribution in [-0.4, -0.2) is 36.7 Å². The Morgan fingerprint density at radius 3 is 2.60 bits per heavy atom. The molecule has 1 heterocycles. The number of aryl methyl sites for hydroxylation is 1. The van der Waals surface area contributed by atoms with Gasteiger partial charge in [0.15, 0.2) is 0 Å². The number of nitrogens with zero attached hydrogens (tertiary/aromatic N) is 1. The van der Waals surface area contributed by atoms with Crippen molar-refractivity contribution in [1.82, 2.24) is 4.90 Å². The predicted octanol–water partition coefficient (Wildman–Crippen LogP) is 2.63. The lowest BCUT2D eigenvalue weighted by atomic mass is 9.83. The highest BCUT2D eigenvalue weighted by atomic mass is 19.1. The van der Waals surface area contributed by atoms with Crippen LogP contribution in [0, 0.1) is 12.7 Å². The summed E-state index contributed by atoms with van der Waals surface area (Å²) in [4.78, 5) is 2.40. The zero-order valence-corrected chi connectivity index (χ0v) is 12.7. The van der Waals surface area contributed by atoms with Gasteiger partial charge in [0, 0.05) is 24.7 Å². The fourth-order valence-electron chi connectivity index (χ4n) is 2.93. The standard InChI is InChI=1S/C16H25FN2O/c1-4-16(3,19-7-9-20-10-8-19)15(18)13-5-6-14(17)12(2)11-13/h5-6,11,15H,4,7-10,18H2,1-3H3. The normalized spacial score (nSPS) is 21.4. The molecule has 112 valence electrons. The Bertz CT molecular complexity index is 460. The molecule has 20 heavy (non-hydrogen) atoms. The molecule has 1 fully saturated rings. The minimum absolute atomic E-state index is 0.131. The van der Waals surface area contributed by atoms with E-state index >= 15 is 0 Å². The second kappa shape index (κ2) is 6.20. The fraction of sp³-hybridized carbons (Fsp3) is 0.625. The first-order chi connectivity index (χ1) is 9.49. The van der Waals surface area contributed by atoms with Crippen LogP contribution in [0.15, 0.2) is 18.2 Å². The minimum Gasteiger partial charge on any atom is -0.379 e. The van der Waals surface area contributed by atoms with E-state index in [0.717, 1.165) is 38.3 Å². The van der Waals surface area contributed by atoms with Crippen LogP contribution < -0.4 is 5.73 Å². The van der Waals surface area contributed by atoms with Gasteiger partial charge in [-0.3, -0.25) is 4.90 Å².